The second-order valence-electron chi connectivity index (χ2n) is 8.44. The van der Waals surface area contributed by atoms with Crippen LogP contribution in [0, 0.1) is 11.8 Å². The number of ether oxygens (including phenoxy) is 1. The summed E-state index contributed by atoms with van der Waals surface area (Å²) in [7, 11) is 0. The number of likely N-dealkylation sites (tertiary alicyclic amines) is 1. The van der Waals surface area contributed by atoms with Gasteiger partial charge in [0.25, 0.3) is 0 Å². The minimum atomic E-state index is -0.0861. The summed E-state index contributed by atoms with van der Waals surface area (Å²) in [5.74, 6) is 2.45. The molecule has 4 heterocycles. The number of amides is 1. The van der Waals surface area contributed by atoms with Crippen LogP contribution in [-0.4, -0.2) is 51.2 Å². The van der Waals surface area contributed by atoms with Crippen molar-refractivity contribution >= 4 is 5.91 Å². The first-order valence-corrected chi connectivity index (χ1v) is 10.4. The highest BCUT2D eigenvalue weighted by atomic mass is 16.5. The number of piperidine rings is 1. The highest BCUT2D eigenvalue weighted by Gasteiger charge is 2.43. The first-order valence-electron chi connectivity index (χ1n) is 10.4. The standard InChI is InChI=1S/C21H26N4O3/c26-20(17-1-2-17)25-10-6-21(7-11-25)14-15(5-12-27-21)13-18-23-19(24-28-18)16-3-8-22-9-4-16/h3-4,8-9,15,17H,1-2,5-7,10-14H2. The molecule has 1 unspecified atom stereocenters. The zero-order valence-corrected chi connectivity index (χ0v) is 16.0. The maximum absolute atomic E-state index is 12.3. The lowest BCUT2D eigenvalue weighted by atomic mass is 9.78. The number of pyridine rings is 1. The van der Waals surface area contributed by atoms with Crippen LogP contribution in [0.1, 0.15) is 44.4 Å². The van der Waals surface area contributed by atoms with Gasteiger partial charge in [0.2, 0.25) is 17.6 Å². The Morgan fingerprint density at radius 2 is 1.96 bits per heavy atom. The van der Waals surface area contributed by atoms with Gasteiger partial charge in [0.1, 0.15) is 0 Å². The van der Waals surface area contributed by atoms with E-state index in [1.165, 1.54) is 0 Å². The van der Waals surface area contributed by atoms with Gasteiger partial charge in [0.15, 0.2) is 0 Å². The molecule has 1 saturated carbocycles. The number of carbonyl (C=O) groups excluding carboxylic acids is 1. The number of aromatic nitrogens is 3. The molecule has 3 aliphatic rings. The van der Waals surface area contributed by atoms with E-state index in [-0.39, 0.29) is 5.60 Å². The molecule has 0 aromatic carbocycles. The predicted molar refractivity (Wildman–Crippen MR) is 101 cm³/mol. The van der Waals surface area contributed by atoms with E-state index in [0.29, 0.717) is 29.5 Å². The molecule has 0 radical (unpaired) electrons. The zero-order chi connectivity index (χ0) is 19.0. The Bertz CT molecular complexity index is 825. The van der Waals surface area contributed by atoms with Crippen molar-refractivity contribution in [2.75, 3.05) is 19.7 Å². The number of hydrogen-bond acceptors (Lipinski definition) is 6. The van der Waals surface area contributed by atoms with Gasteiger partial charge < -0.3 is 14.2 Å². The van der Waals surface area contributed by atoms with Gasteiger partial charge in [0.05, 0.1) is 5.60 Å². The molecule has 1 atom stereocenters. The van der Waals surface area contributed by atoms with Crippen LogP contribution in [0.2, 0.25) is 0 Å². The zero-order valence-electron chi connectivity index (χ0n) is 16.0. The second kappa shape index (κ2) is 7.28. The molecule has 0 N–H and O–H groups in total. The van der Waals surface area contributed by atoms with Gasteiger partial charge in [-0.05, 0) is 56.6 Å². The van der Waals surface area contributed by atoms with Crippen molar-refractivity contribution in [2.24, 2.45) is 11.8 Å². The molecule has 2 saturated heterocycles. The number of hydrogen-bond donors (Lipinski definition) is 0. The van der Waals surface area contributed by atoms with E-state index in [0.717, 1.165) is 70.2 Å². The van der Waals surface area contributed by atoms with Crippen LogP contribution >= 0.6 is 0 Å². The number of carbonyl (C=O) groups is 1. The average molecular weight is 382 g/mol. The van der Waals surface area contributed by atoms with Gasteiger partial charge in [0, 0.05) is 50.0 Å². The molecule has 1 amide bonds. The van der Waals surface area contributed by atoms with Crippen LogP contribution in [-0.2, 0) is 16.0 Å². The van der Waals surface area contributed by atoms with Crippen molar-refractivity contribution in [3.63, 3.8) is 0 Å². The van der Waals surface area contributed by atoms with Crippen LogP contribution in [0.5, 0.6) is 0 Å². The Kier molecular flexibility index (Phi) is 4.62. The molecule has 2 aromatic heterocycles. The smallest absolute Gasteiger partial charge is 0.227 e. The van der Waals surface area contributed by atoms with E-state index in [1.54, 1.807) is 12.4 Å². The Hall–Kier alpha value is -2.28. The highest BCUT2D eigenvalue weighted by molar-refractivity contribution is 5.81. The van der Waals surface area contributed by atoms with Crippen LogP contribution in [0.3, 0.4) is 0 Å². The summed E-state index contributed by atoms with van der Waals surface area (Å²) >= 11 is 0. The van der Waals surface area contributed by atoms with Gasteiger partial charge in [-0.2, -0.15) is 4.98 Å². The maximum atomic E-state index is 12.3. The van der Waals surface area contributed by atoms with E-state index in [1.807, 2.05) is 12.1 Å². The molecule has 148 valence electrons. The van der Waals surface area contributed by atoms with Gasteiger partial charge >= 0.3 is 0 Å². The molecule has 2 aromatic rings. The summed E-state index contributed by atoms with van der Waals surface area (Å²) < 4.78 is 11.7. The fourth-order valence-electron chi connectivity index (χ4n) is 4.58. The lowest BCUT2D eigenvalue weighted by Crippen LogP contribution is -2.51. The van der Waals surface area contributed by atoms with Crippen molar-refractivity contribution < 1.29 is 14.1 Å². The molecule has 0 bridgehead atoms. The monoisotopic (exact) mass is 382 g/mol. The van der Waals surface area contributed by atoms with Gasteiger partial charge in [-0.1, -0.05) is 5.16 Å². The Labute approximate surface area is 164 Å². The molecule has 7 nitrogen and oxygen atoms in total. The number of rotatable bonds is 4. The lowest BCUT2D eigenvalue weighted by Gasteiger charge is -2.46. The van der Waals surface area contributed by atoms with E-state index in [9.17, 15) is 4.79 Å². The van der Waals surface area contributed by atoms with Crippen LogP contribution in [0.25, 0.3) is 11.4 Å². The summed E-state index contributed by atoms with van der Waals surface area (Å²) in [5.41, 5.74) is 0.832. The molecular weight excluding hydrogens is 356 g/mol. The van der Waals surface area contributed by atoms with E-state index in [4.69, 9.17) is 9.26 Å². The number of nitrogens with zero attached hydrogens (tertiary/aromatic N) is 4. The molecule has 1 spiro atoms. The van der Waals surface area contributed by atoms with Gasteiger partial charge in [-0.25, -0.2) is 0 Å². The maximum Gasteiger partial charge on any atom is 0.227 e. The van der Waals surface area contributed by atoms with E-state index >= 15 is 0 Å². The Morgan fingerprint density at radius 3 is 2.71 bits per heavy atom. The quantitative estimate of drug-likeness (QED) is 0.809. The molecule has 28 heavy (non-hydrogen) atoms. The largest absolute Gasteiger partial charge is 0.375 e. The molecule has 5 rings (SSSR count). The minimum Gasteiger partial charge on any atom is -0.375 e. The molecule has 1 aliphatic carbocycles. The fraction of sp³-hybridized carbons (Fsp3) is 0.619. The average Bonchev–Trinajstić information content (AvgIpc) is 3.48. The van der Waals surface area contributed by atoms with Crippen molar-refractivity contribution in [3.8, 4) is 11.4 Å². The fourth-order valence-corrected chi connectivity index (χ4v) is 4.58. The van der Waals surface area contributed by atoms with Crippen molar-refractivity contribution in [1.29, 1.82) is 0 Å². The Balaban J connectivity index is 1.20. The van der Waals surface area contributed by atoms with Crippen LogP contribution in [0.4, 0.5) is 0 Å². The summed E-state index contributed by atoms with van der Waals surface area (Å²) in [5, 5.41) is 4.12. The topological polar surface area (TPSA) is 81.4 Å². The summed E-state index contributed by atoms with van der Waals surface area (Å²) in [6.45, 7) is 2.43. The summed E-state index contributed by atoms with van der Waals surface area (Å²) in [6.07, 6.45) is 10.3. The molecular formula is C21H26N4O3. The first kappa shape index (κ1) is 17.8. The third-order valence-electron chi connectivity index (χ3n) is 6.38. The second-order valence-corrected chi connectivity index (χ2v) is 8.44. The van der Waals surface area contributed by atoms with Gasteiger partial charge in [-0.3, -0.25) is 9.78 Å². The third-order valence-corrected chi connectivity index (χ3v) is 6.38. The molecule has 7 heteroatoms. The SMILES string of the molecule is O=C(C1CC1)N1CCC2(CC1)CC(Cc1nc(-c3ccncc3)no1)CCO2. The van der Waals surface area contributed by atoms with Crippen LogP contribution < -0.4 is 0 Å². The highest BCUT2D eigenvalue weighted by Crippen LogP contribution is 2.40. The summed E-state index contributed by atoms with van der Waals surface area (Å²) in [4.78, 5) is 23.0. The normalized spacial score (nSPS) is 24.4. The van der Waals surface area contributed by atoms with Crippen molar-refractivity contribution in [3.05, 3.63) is 30.4 Å². The van der Waals surface area contributed by atoms with Gasteiger partial charge in [-0.15, -0.1) is 0 Å². The predicted octanol–water partition coefficient (Wildman–Crippen LogP) is 2.87. The lowest BCUT2D eigenvalue weighted by molar-refractivity contribution is -0.148. The van der Waals surface area contributed by atoms with Crippen LogP contribution in [0.15, 0.2) is 29.0 Å². The van der Waals surface area contributed by atoms with Crippen molar-refractivity contribution in [1.82, 2.24) is 20.0 Å². The molecule has 2 aliphatic heterocycles. The summed E-state index contributed by atoms with van der Waals surface area (Å²) in [6, 6.07) is 3.77. The third kappa shape index (κ3) is 3.68. The first-order chi connectivity index (χ1) is 13.7. The van der Waals surface area contributed by atoms with E-state index in [2.05, 4.69) is 20.0 Å². The van der Waals surface area contributed by atoms with Crippen molar-refractivity contribution in [2.45, 2.75) is 50.5 Å². The molecule has 3 fully saturated rings. The Morgan fingerprint density at radius 1 is 1.18 bits per heavy atom. The minimum absolute atomic E-state index is 0.0861. The van der Waals surface area contributed by atoms with E-state index < -0.39 is 0 Å².